The number of nitrogen functional groups attached to an aromatic ring is 1. The molecule has 2 rings (SSSR count). The molecule has 18 heavy (non-hydrogen) atoms. The van der Waals surface area contributed by atoms with E-state index in [-0.39, 0.29) is 0 Å². The van der Waals surface area contributed by atoms with Gasteiger partial charge in [-0.05, 0) is 44.0 Å². The van der Waals surface area contributed by atoms with E-state index in [0.717, 1.165) is 23.5 Å². The molecule has 0 saturated heterocycles. The number of rotatable bonds is 2. The van der Waals surface area contributed by atoms with E-state index in [1.165, 1.54) is 5.56 Å². The van der Waals surface area contributed by atoms with Crippen LogP contribution in [0.15, 0.2) is 18.2 Å². The fourth-order valence-corrected chi connectivity index (χ4v) is 2.25. The Morgan fingerprint density at radius 2 is 2.11 bits per heavy atom. The van der Waals surface area contributed by atoms with Crippen molar-refractivity contribution in [2.75, 3.05) is 5.73 Å². The topological polar surface area (TPSA) is 67.6 Å². The number of nitrogens with two attached hydrogens (primary N) is 1. The second-order valence-corrected chi connectivity index (χ2v) is 4.30. The first kappa shape index (κ1) is 12.2. The van der Waals surface area contributed by atoms with Gasteiger partial charge in [-0.2, -0.15) is 10.4 Å². The highest BCUT2D eigenvalue weighted by atomic mass is 15.3. The molecule has 0 fully saturated rings. The Labute approximate surface area is 107 Å². The molecule has 4 nitrogen and oxygen atoms in total. The predicted octanol–water partition coefficient (Wildman–Crippen LogP) is 2.51. The highest BCUT2D eigenvalue weighted by Gasteiger charge is 2.13. The molecule has 0 amide bonds. The third-order valence-electron chi connectivity index (χ3n) is 3.16. The Kier molecular flexibility index (Phi) is 3.07. The number of benzene rings is 1. The molecular weight excluding hydrogens is 224 g/mol. The molecule has 1 aromatic heterocycles. The summed E-state index contributed by atoms with van der Waals surface area (Å²) in [4.78, 5) is 0. The summed E-state index contributed by atoms with van der Waals surface area (Å²) in [5.41, 5.74) is 10.9. The van der Waals surface area contributed by atoms with Gasteiger partial charge in [0.05, 0.1) is 16.9 Å². The van der Waals surface area contributed by atoms with Gasteiger partial charge in [0.1, 0.15) is 6.07 Å². The summed E-state index contributed by atoms with van der Waals surface area (Å²) in [5, 5.41) is 13.7. The van der Waals surface area contributed by atoms with E-state index in [9.17, 15) is 5.26 Å². The normalized spacial score (nSPS) is 10.3. The second-order valence-electron chi connectivity index (χ2n) is 4.30. The average molecular weight is 240 g/mol. The Hall–Kier alpha value is -2.28. The standard InChI is InChI=1S/C14H16N4/c1-4-13-9(2)17-18(10(13)3)14-6-5-12(16)7-11(14)8-15/h5-7H,4,16H2,1-3H3. The van der Waals surface area contributed by atoms with E-state index in [0.29, 0.717) is 11.3 Å². The molecule has 0 bridgehead atoms. The van der Waals surface area contributed by atoms with Crippen LogP contribution in [0, 0.1) is 25.2 Å². The van der Waals surface area contributed by atoms with Gasteiger partial charge in [0.15, 0.2) is 0 Å². The van der Waals surface area contributed by atoms with Crippen LogP contribution in [0.3, 0.4) is 0 Å². The average Bonchev–Trinajstić information content (AvgIpc) is 2.64. The molecular formula is C14H16N4. The number of hydrogen-bond donors (Lipinski definition) is 1. The van der Waals surface area contributed by atoms with Gasteiger partial charge in [-0.1, -0.05) is 6.92 Å². The van der Waals surface area contributed by atoms with Crippen LogP contribution < -0.4 is 5.73 Å². The van der Waals surface area contributed by atoms with E-state index in [1.54, 1.807) is 12.1 Å². The van der Waals surface area contributed by atoms with Gasteiger partial charge in [-0.3, -0.25) is 0 Å². The number of anilines is 1. The third-order valence-corrected chi connectivity index (χ3v) is 3.16. The van der Waals surface area contributed by atoms with Crippen LogP contribution in [-0.4, -0.2) is 9.78 Å². The molecule has 0 aliphatic rings. The summed E-state index contributed by atoms with van der Waals surface area (Å²) in [6, 6.07) is 7.48. The minimum atomic E-state index is 0.545. The van der Waals surface area contributed by atoms with Crippen LogP contribution in [0.2, 0.25) is 0 Å². The van der Waals surface area contributed by atoms with Crippen molar-refractivity contribution in [1.29, 1.82) is 5.26 Å². The summed E-state index contributed by atoms with van der Waals surface area (Å²) in [5.74, 6) is 0. The van der Waals surface area contributed by atoms with Crippen LogP contribution in [-0.2, 0) is 6.42 Å². The van der Waals surface area contributed by atoms with E-state index in [1.807, 2.05) is 24.6 Å². The number of hydrogen-bond acceptors (Lipinski definition) is 3. The van der Waals surface area contributed by atoms with Crippen LogP contribution in [0.5, 0.6) is 0 Å². The maximum Gasteiger partial charge on any atom is 0.101 e. The fraction of sp³-hybridized carbons (Fsp3) is 0.286. The monoisotopic (exact) mass is 240 g/mol. The highest BCUT2D eigenvalue weighted by molar-refractivity contribution is 5.57. The summed E-state index contributed by atoms with van der Waals surface area (Å²) >= 11 is 0. The van der Waals surface area contributed by atoms with Crippen molar-refractivity contribution in [2.24, 2.45) is 0 Å². The van der Waals surface area contributed by atoms with Gasteiger partial charge in [0.2, 0.25) is 0 Å². The predicted molar refractivity (Wildman–Crippen MR) is 71.5 cm³/mol. The molecule has 92 valence electrons. The molecule has 0 saturated carbocycles. The molecule has 0 aliphatic heterocycles. The van der Waals surface area contributed by atoms with E-state index in [4.69, 9.17) is 5.73 Å². The summed E-state index contributed by atoms with van der Waals surface area (Å²) in [6.07, 6.45) is 0.939. The zero-order chi connectivity index (χ0) is 13.3. The van der Waals surface area contributed by atoms with Crippen molar-refractivity contribution in [3.05, 3.63) is 40.7 Å². The fourth-order valence-electron chi connectivity index (χ4n) is 2.25. The Morgan fingerprint density at radius 3 is 2.67 bits per heavy atom. The molecule has 0 aliphatic carbocycles. The number of aromatic nitrogens is 2. The maximum atomic E-state index is 9.18. The summed E-state index contributed by atoms with van der Waals surface area (Å²) < 4.78 is 1.83. The minimum Gasteiger partial charge on any atom is -0.399 e. The molecule has 4 heteroatoms. The van der Waals surface area contributed by atoms with Gasteiger partial charge < -0.3 is 5.73 Å². The minimum absolute atomic E-state index is 0.545. The summed E-state index contributed by atoms with van der Waals surface area (Å²) in [6.45, 7) is 6.12. The lowest BCUT2D eigenvalue weighted by Gasteiger charge is -2.07. The molecule has 2 aromatic rings. The maximum absolute atomic E-state index is 9.18. The number of nitriles is 1. The molecule has 2 N–H and O–H groups in total. The van der Waals surface area contributed by atoms with Gasteiger partial charge in [-0.25, -0.2) is 4.68 Å². The van der Waals surface area contributed by atoms with E-state index >= 15 is 0 Å². The number of aryl methyl sites for hydroxylation is 1. The Balaban J connectivity index is 2.67. The Bertz CT molecular complexity index is 632. The molecule has 0 radical (unpaired) electrons. The Morgan fingerprint density at radius 1 is 1.39 bits per heavy atom. The lowest BCUT2D eigenvalue weighted by Crippen LogP contribution is -2.03. The van der Waals surface area contributed by atoms with Gasteiger partial charge in [-0.15, -0.1) is 0 Å². The quantitative estimate of drug-likeness (QED) is 0.820. The van der Waals surface area contributed by atoms with Crippen LogP contribution in [0.1, 0.15) is 29.4 Å². The van der Waals surface area contributed by atoms with Crippen LogP contribution >= 0.6 is 0 Å². The van der Waals surface area contributed by atoms with Crippen molar-refractivity contribution >= 4 is 5.69 Å². The first-order valence-electron chi connectivity index (χ1n) is 5.93. The highest BCUT2D eigenvalue weighted by Crippen LogP contribution is 2.22. The molecule has 0 unspecified atom stereocenters. The van der Waals surface area contributed by atoms with Crippen molar-refractivity contribution in [3.63, 3.8) is 0 Å². The van der Waals surface area contributed by atoms with Crippen molar-refractivity contribution in [1.82, 2.24) is 9.78 Å². The zero-order valence-corrected chi connectivity index (χ0v) is 10.9. The van der Waals surface area contributed by atoms with Gasteiger partial charge >= 0.3 is 0 Å². The number of nitrogens with zero attached hydrogens (tertiary/aromatic N) is 3. The van der Waals surface area contributed by atoms with Gasteiger partial charge in [0.25, 0.3) is 0 Å². The molecule has 0 spiro atoms. The smallest absolute Gasteiger partial charge is 0.101 e. The first-order chi connectivity index (χ1) is 8.58. The second kappa shape index (κ2) is 4.53. The van der Waals surface area contributed by atoms with Crippen molar-refractivity contribution < 1.29 is 0 Å². The van der Waals surface area contributed by atoms with Crippen molar-refractivity contribution in [2.45, 2.75) is 27.2 Å². The lowest BCUT2D eigenvalue weighted by molar-refractivity contribution is 0.830. The van der Waals surface area contributed by atoms with Crippen molar-refractivity contribution in [3.8, 4) is 11.8 Å². The molecule has 0 atom stereocenters. The van der Waals surface area contributed by atoms with E-state index in [2.05, 4.69) is 18.1 Å². The molecule has 1 aromatic carbocycles. The largest absolute Gasteiger partial charge is 0.399 e. The van der Waals surface area contributed by atoms with Crippen LogP contribution in [0.25, 0.3) is 5.69 Å². The lowest BCUT2D eigenvalue weighted by atomic mass is 10.1. The summed E-state index contributed by atoms with van der Waals surface area (Å²) in [7, 11) is 0. The SMILES string of the molecule is CCc1c(C)nn(-c2ccc(N)cc2C#N)c1C. The third kappa shape index (κ3) is 1.84. The molecule has 1 heterocycles. The van der Waals surface area contributed by atoms with E-state index < -0.39 is 0 Å². The van der Waals surface area contributed by atoms with Crippen LogP contribution in [0.4, 0.5) is 5.69 Å². The van der Waals surface area contributed by atoms with Gasteiger partial charge in [0, 0.05) is 11.4 Å². The first-order valence-corrected chi connectivity index (χ1v) is 5.93. The zero-order valence-electron chi connectivity index (χ0n) is 10.9.